The van der Waals surface area contributed by atoms with Crippen molar-refractivity contribution in [1.29, 1.82) is 0 Å². The molecule has 3 unspecified atom stereocenters. The Kier molecular flexibility index (Phi) is 3.83. The highest BCUT2D eigenvalue weighted by atomic mass is 79.9. The molecule has 2 aliphatic carbocycles. The van der Waals surface area contributed by atoms with Crippen LogP contribution < -0.4 is 16.0 Å². The van der Waals surface area contributed by atoms with Gasteiger partial charge in [0.25, 0.3) is 0 Å². The maximum atomic E-state index is 5.79. The van der Waals surface area contributed by atoms with E-state index in [-0.39, 0.29) is 0 Å². The molecule has 0 amide bonds. The molecule has 3 atom stereocenters. The zero-order valence-electron chi connectivity index (χ0n) is 11.2. The lowest BCUT2D eigenvalue weighted by Crippen LogP contribution is -2.39. The van der Waals surface area contributed by atoms with Crippen LogP contribution in [0.25, 0.3) is 0 Å². The van der Waals surface area contributed by atoms with Crippen LogP contribution in [0.15, 0.2) is 22.7 Å². The Morgan fingerprint density at radius 1 is 1.42 bits per heavy atom. The lowest BCUT2D eigenvalue weighted by atomic mass is 9.97. The molecular weight excluding hydrogens is 304 g/mol. The van der Waals surface area contributed by atoms with Crippen LogP contribution in [0.3, 0.4) is 0 Å². The highest BCUT2D eigenvalue weighted by Gasteiger charge is 2.55. The summed E-state index contributed by atoms with van der Waals surface area (Å²) in [6, 6.07) is 6.52. The summed E-state index contributed by atoms with van der Waals surface area (Å²) in [6.07, 6.45) is 5.16. The first-order chi connectivity index (χ1) is 9.24. The normalized spacial score (nSPS) is 29.9. The minimum atomic E-state index is 0.388. The van der Waals surface area contributed by atoms with Gasteiger partial charge in [0, 0.05) is 10.5 Å². The summed E-state index contributed by atoms with van der Waals surface area (Å²) >= 11 is 3.62. The molecule has 0 bridgehead atoms. The van der Waals surface area contributed by atoms with Crippen LogP contribution >= 0.6 is 15.9 Å². The van der Waals surface area contributed by atoms with E-state index in [4.69, 9.17) is 10.6 Å². The van der Waals surface area contributed by atoms with Gasteiger partial charge in [-0.3, -0.25) is 11.3 Å². The first-order valence-corrected chi connectivity index (χ1v) is 7.82. The fourth-order valence-electron chi connectivity index (χ4n) is 3.85. The van der Waals surface area contributed by atoms with Gasteiger partial charge in [-0.05, 0) is 60.8 Å². The summed E-state index contributed by atoms with van der Waals surface area (Å²) in [5, 5.41) is 0. The molecule has 2 fully saturated rings. The van der Waals surface area contributed by atoms with Gasteiger partial charge in [-0.15, -0.1) is 0 Å². The van der Waals surface area contributed by atoms with Gasteiger partial charge in [0.2, 0.25) is 0 Å². The molecule has 1 aromatic rings. The van der Waals surface area contributed by atoms with Crippen molar-refractivity contribution in [2.75, 3.05) is 7.11 Å². The van der Waals surface area contributed by atoms with Gasteiger partial charge in [0.1, 0.15) is 5.75 Å². The Morgan fingerprint density at radius 3 is 2.79 bits per heavy atom. The van der Waals surface area contributed by atoms with Gasteiger partial charge < -0.3 is 4.74 Å². The summed E-state index contributed by atoms with van der Waals surface area (Å²) in [7, 11) is 1.71. The van der Waals surface area contributed by atoms with Crippen molar-refractivity contribution >= 4 is 15.9 Å². The van der Waals surface area contributed by atoms with Crippen LogP contribution in [0.4, 0.5) is 0 Å². The summed E-state index contributed by atoms with van der Waals surface area (Å²) in [4.78, 5) is 0. The third-order valence-electron chi connectivity index (χ3n) is 4.84. The Morgan fingerprint density at radius 2 is 2.16 bits per heavy atom. The van der Waals surface area contributed by atoms with Crippen molar-refractivity contribution in [3.05, 3.63) is 28.2 Å². The van der Waals surface area contributed by atoms with E-state index in [2.05, 4.69) is 33.5 Å². The molecule has 0 saturated heterocycles. The molecule has 2 aliphatic rings. The Bertz CT molecular complexity index is 455. The second kappa shape index (κ2) is 5.43. The van der Waals surface area contributed by atoms with E-state index in [0.717, 1.165) is 34.4 Å². The predicted molar refractivity (Wildman–Crippen MR) is 79.8 cm³/mol. The van der Waals surface area contributed by atoms with Gasteiger partial charge in [0.05, 0.1) is 7.11 Å². The van der Waals surface area contributed by atoms with Crippen LogP contribution in [-0.2, 0) is 6.42 Å². The Labute approximate surface area is 123 Å². The largest absolute Gasteiger partial charge is 0.497 e. The van der Waals surface area contributed by atoms with Crippen LogP contribution in [0.5, 0.6) is 5.75 Å². The monoisotopic (exact) mass is 324 g/mol. The number of hydrogen-bond donors (Lipinski definition) is 2. The highest BCUT2D eigenvalue weighted by Crippen LogP contribution is 2.59. The van der Waals surface area contributed by atoms with Crippen LogP contribution in [0.2, 0.25) is 0 Å². The molecule has 0 aliphatic heterocycles. The van der Waals surface area contributed by atoms with Crippen molar-refractivity contribution < 1.29 is 4.74 Å². The third kappa shape index (κ3) is 2.54. The molecule has 3 nitrogen and oxygen atoms in total. The number of nitrogens with one attached hydrogen (secondary N) is 1. The average molecular weight is 325 g/mol. The van der Waals surface area contributed by atoms with Crippen molar-refractivity contribution in [3.8, 4) is 5.75 Å². The fraction of sp³-hybridized carbons (Fsp3) is 0.600. The average Bonchev–Trinajstić information content (AvgIpc) is 2.90. The quantitative estimate of drug-likeness (QED) is 0.646. The molecule has 0 spiro atoms. The van der Waals surface area contributed by atoms with Crippen LogP contribution in [0, 0.1) is 17.8 Å². The molecule has 0 radical (unpaired) electrons. The summed E-state index contributed by atoms with van der Waals surface area (Å²) < 4.78 is 6.44. The number of benzene rings is 1. The molecule has 104 valence electrons. The second-order valence-electron chi connectivity index (χ2n) is 5.77. The molecule has 2 saturated carbocycles. The summed E-state index contributed by atoms with van der Waals surface area (Å²) in [5.41, 5.74) is 4.31. The molecule has 0 heterocycles. The van der Waals surface area contributed by atoms with E-state index in [9.17, 15) is 0 Å². The number of rotatable bonds is 5. The molecule has 0 aromatic heterocycles. The Hall–Kier alpha value is -0.580. The van der Waals surface area contributed by atoms with Gasteiger partial charge in [0.15, 0.2) is 0 Å². The number of ether oxygens (including phenoxy) is 1. The maximum Gasteiger partial charge on any atom is 0.119 e. The third-order valence-corrected chi connectivity index (χ3v) is 5.62. The first-order valence-electron chi connectivity index (χ1n) is 7.03. The first kappa shape index (κ1) is 13.4. The molecular formula is C15H21BrN2O. The number of hydrazine groups is 1. The number of halogens is 1. The van der Waals surface area contributed by atoms with Crippen molar-refractivity contribution in [1.82, 2.24) is 5.43 Å². The van der Waals surface area contributed by atoms with E-state index in [1.165, 1.54) is 24.8 Å². The second-order valence-corrected chi connectivity index (χ2v) is 6.62. The SMILES string of the molecule is COc1ccc(Br)c(CC(NN)C2C3CCCC32)c1. The number of nitrogens with two attached hydrogens (primary N) is 1. The lowest BCUT2D eigenvalue weighted by molar-refractivity contribution is 0.403. The van der Waals surface area contributed by atoms with E-state index < -0.39 is 0 Å². The van der Waals surface area contributed by atoms with Crippen molar-refractivity contribution in [2.24, 2.45) is 23.6 Å². The molecule has 4 heteroatoms. The Balaban J connectivity index is 1.72. The minimum absolute atomic E-state index is 0.388. The maximum absolute atomic E-state index is 5.79. The van der Waals surface area contributed by atoms with Gasteiger partial charge >= 0.3 is 0 Å². The van der Waals surface area contributed by atoms with Gasteiger partial charge in [-0.25, -0.2) is 0 Å². The molecule has 3 rings (SSSR count). The number of hydrogen-bond acceptors (Lipinski definition) is 3. The van der Waals surface area contributed by atoms with Crippen LogP contribution in [0.1, 0.15) is 24.8 Å². The standard InChI is InChI=1S/C15H21BrN2O/c1-19-10-5-6-13(16)9(7-10)8-14(18-17)15-11-3-2-4-12(11)15/h5-7,11-12,14-15,18H,2-4,8,17H2,1H3. The number of fused-ring (bicyclic) bond motifs is 1. The smallest absolute Gasteiger partial charge is 0.119 e. The van der Waals surface area contributed by atoms with E-state index >= 15 is 0 Å². The molecule has 1 aromatic carbocycles. The predicted octanol–water partition coefficient (Wildman–Crippen LogP) is 2.88. The lowest BCUT2D eigenvalue weighted by Gasteiger charge is -2.19. The molecule has 3 N–H and O–H groups in total. The van der Waals surface area contributed by atoms with Crippen molar-refractivity contribution in [3.63, 3.8) is 0 Å². The fourth-order valence-corrected chi connectivity index (χ4v) is 4.26. The number of methoxy groups -OCH3 is 1. The zero-order chi connectivity index (χ0) is 13.4. The summed E-state index contributed by atoms with van der Waals surface area (Å²) in [5.74, 6) is 9.31. The van der Waals surface area contributed by atoms with Gasteiger partial charge in [-0.2, -0.15) is 0 Å². The minimum Gasteiger partial charge on any atom is -0.497 e. The topological polar surface area (TPSA) is 47.3 Å². The van der Waals surface area contributed by atoms with Crippen LogP contribution in [-0.4, -0.2) is 13.2 Å². The van der Waals surface area contributed by atoms with Crippen molar-refractivity contribution in [2.45, 2.75) is 31.7 Å². The highest BCUT2D eigenvalue weighted by molar-refractivity contribution is 9.10. The molecule has 19 heavy (non-hydrogen) atoms. The van der Waals surface area contributed by atoms with Gasteiger partial charge in [-0.1, -0.05) is 22.4 Å². The zero-order valence-corrected chi connectivity index (χ0v) is 12.8. The van der Waals surface area contributed by atoms with E-state index in [1.54, 1.807) is 7.11 Å². The van der Waals surface area contributed by atoms with E-state index in [0.29, 0.717) is 6.04 Å². The van der Waals surface area contributed by atoms with E-state index in [1.807, 2.05) is 6.07 Å². The summed E-state index contributed by atoms with van der Waals surface area (Å²) in [6.45, 7) is 0.